The Balaban J connectivity index is 2.00. The van der Waals surface area contributed by atoms with Crippen molar-refractivity contribution in [1.82, 2.24) is 9.97 Å². The van der Waals surface area contributed by atoms with E-state index >= 15 is 0 Å². The summed E-state index contributed by atoms with van der Waals surface area (Å²) in [7, 11) is 1.57. The van der Waals surface area contributed by atoms with Crippen LogP contribution in [-0.2, 0) is 13.0 Å². The second kappa shape index (κ2) is 9.45. The summed E-state index contributed by atoms with van der Waals surface area (Å²) >= 11 is 0. The van der Waals surface area contributed by atoms with Crippen LogP contribution in [0.3, 0.4) is 0 Å². The number of fused-ring (bicyclic) bond motifs is 1. The SMILES string of the molecule is CCCCCc1cc(=O)oc2nc(C(F)F)nc(OCc3ccc(OC)cc3)c12. The molecule has 0 N–H and O–H groups in total. The van der Waals surface area contributed by atoms with E-state index in [1.807, 2.05) is 0 Å². The van der Waals surface area contributed by atoms with E-state index in [1.165, 1.54) is 6.07 Å². The molecular formula is C21H22F2N2O4. The zero-order valence-corrected chi connectivity index (χ0v) is 16.3. The van der Waals surface area contributed by atoms with Gasteiger partial charge in [0.1, 0.15) is 17.7 Å². The number of halogens is 2. The van der Waals surface area contributed by atoms with Crippen LogP contribution in [0.25, 0.3) is 11.1 Å². The Morgan fingerprint density at radius 2 is 1.90 bits per heavy atom. The summed E-state index contributed by atoms with van der Waals surface area (Å²) in [5.74, 6) is -0.0614. The zero-order valence-electron chi connectivity index (χ0n) is 16.3. The largest absolute Gasteiger partial charge is 0.497 e. The number of nitrogens with zero attached hydrogens (tertiary/aromatic N) is 2. The molecule has 0 saturated carbocycles. The lowest BCUT2D eigenvalue weighted by Crippen LogP contribution is -2.08. The number of aryl methyl sites for hydroxylation is 1. The molecule has 29 heavy (non-hydrogen) atoms. The number of hydrogen-bond acceptors (Lipinski definition) is 6. The van der Waals surface area contributed by atoms with Gasteiger partial charge < -0.3 is 13.9 Å². The van der Waals surface area contributed by atoms with Gasteiger partial charge in [-0.3, -0.25) is 0 Å². The third-order valence-corrected chi connectivity index (χ3v) is 4.45. The van der Waals surface area contributed by atoms with Gasteiger partial charge in [0.15, 0.2) is 0 Å². The summed E-state index contributed by atoms with van der Waals surface area (Å²) < 4.78 is 42.5. The number of hydrogen-bond donors (Lipinski definition) is 0. The number of aromatic nitrogens is 2. The molecule has 0 atom stereocenters. The van der Waals surface area contributed by atoms with E-state index < -0.39 is 17.9 Å². The molecule has 0 saturated heterocycles. The Labute approximate surface area is 166 Å². The molecule has 0 unspecified atom stereocenters. The molecule has 0 spiro atoms. The molecule has 0 bridgehead atoms. The first-order valence-electron chi connectivity index (χ1n) is 9.40. The van der Waals surface area contributed by atoms with Crippen molar-refractivity contribution in [1.29, 1.82) is 0 Å². The Kier molecular flexibility index (Phi) is 6.74. The van der Waals surface area contributed by atoms with Gasteiger partial charge in [-0.25, -0.2) is 13.6 Å². The van der Waals surface area contributed by atoms with Gasteiger partial charge in [-0.2, -0.15) is 9.97 Å². The highest BCUT2D eigenvalue weighted by atomic mass is 19.3. The average molecular weight is 404 g/mol. The molecular weight excluding hydrogens is 382 g/mol. The number of rotatable bonds is 9. The molecule has 8 heteroatoms. The predicted molar refractivity (Wildman–Crippen MR) is 104 cm³/mol. The van der Waals surface area contributed by atoms with Gasteiger partial charge in [0.05, 0.1) is 7.11 Å². The van der Waals surface area contributed by atoms with Crippen LogP contribution in [0, 0.1) is 0 Å². The fraction of sp³-hybridized carbons (Fsp3) is 0.381. The summed E-state index contributed by atoms with van der Waals surface area (Å²) in [5, 5.41) is 0.360. The van der Waals surface area contributed by atoms with E-state index in [2.05, 4.69) is 16.9 Å². The second-order valence-corrected chi connectivity index (χ2v) is 6.55. The third kappa shape index (κ3) is 5.07. The maximum Gasteiger partial charge on any atom is 0.337 e. The van der Waals surface area contributed by atoms with E-state index in [4.69, 9.17) is 13.9 Å². The molecule has 2 heterocycles. The van der Waals surface area contributed by atoms with Crippen LogP contribution in [0.1, 0.15) is 49.6 Å². The van der Waals surface area contributed by atoms with Crippen molar-refractivity contribution >= 4 is 11.1 Å². The lowest BCUT2D eigenvalue weighted by molar-refractivity contribution is 0.138. The summed E-state index contributed by atoms with van der Waals surface area (Å²) in [6.07, 6.45) is 0.471. The maximum absolute atomic E-state index is 13.3. The quantitative estimate of drug-likeness (QED) is 0.475. The monoisotopic (exact) mass is 404 g/mol. The van der Waals surface area contributed by atoms with E-state index in [0.717, 1.165) is 24.8 Å². The lowest BCUT2D eigenvalue weighted by atomic mass is 10.1. The van der Waals surface area contributed by atoms with E-state index in [9.17, 15) is 13.6 Å². The normalized spacial score (nSPS) is 11.2. The first-order chi connectivity index (χ1) is 14.0. The van der Waals surface area contributed by atoms with Crippen molar-refractivity contribution in [3.8, 4) is 11.6 Å². The van der Waals surface area contributed by atoms with Crippen LogP contribution in [0.4, 0.5) is 8.78 Å². The number of ether oxygens (including phenoxy) is 2. The molecule has 3 rings (SSSR count). The zero-order chi connectivity index (χ0) is 20.8. The topological polar surface area (TPSA) is 74.5 Å². The highest BCUT2D eigenvalue weighted by Gasteiger charge is 2.20. The summed E-state index contributed by atoms with van der Waals surface area (Å²) in [6.45, 7) is 2.17. The van der Waals surface area contributed by atoms with Gasteiger partial charge in [0.25, 0.3) is 6.43 Å². The highest BCUT2D eigenvalue weighted by Crippen LogP contribution is 2.30. The van der Waals surface area contributed by atoms with Gasteiger partial charge >= 0.3 is 5.63 Å². The number of unbranched alkanes of at least 4 members (excludes halogenated alkanes) is 2. The van der Waals surface area contributed by atoms with Crippen molar-refractivity contribution in [2.24, 2.45) is 0 Å². The summed E-state index contributed by atoms with van der Waals surface area (Å²) in [5.41, 5.74) is 0.624. The first kappa shape index (κ1) is 20.7. The molecule has 0 aliphatic carbocycles. The molecule has 0 radical (unpaired) electrons. The van der Waals surface area contributed by atoms with Gasteiger partial charge in [-0.05, 0) is 36.1 Å². The van der Waals surface area contributed by atoms with E-state index in [0.29, 0.717) is 23.1 Å². The molecule has 0 aliphatic rings. The van der Waals surface area contributed by atoms with Crippen LogP contribution < -0.4 is 15.1 Å². The molecule has 1 aromatic carbocycles. The molecule has 6 nitrogen and oxygen atoms in total. The second-order valence-electron chi connectivity index (χ2n) is 6.55. The van der Waals surface area contributed by atoms with Crippen molar-refractivity contribution in [2.45, 2.75) is 45.6 Å². The van der Waals surface area contributed by atoms with E-state index in [1.54, 1.807) is 31.4 Å². The van der Waals surface area contributed by atoms with Crippen LogP contribution in [0.5, 0.6) is 11.6 Å². The van der Waals surface area contributed by atoms with Crippen LogP contribution in [0.2, 0.25) is 0 Å². The van der Waals surface area contributed by atoms with Crippen LogP contribution >= 0.6 is 0 Å². The van der Waals surface area contributed by atoms with Crippen LogP contribution in [-0.4, -0.2) is 17.1 Å². The van der Waals surface area contributed by atoms with Crippen LogP contribution in [0.15, 0.2) is 39.5 Å². The van der Waals surface area contributed by atoms with Crippen molar-refractivity contribution in [2.75, 3.05) is 7.11 Å². The Hall–Kier alpha value is -3.03. The van der Waals surface area contributed by atoms with Gasteiger partial charge in [0.2, 0.25) is 17.4 Å². The predicted octanol–water partition coefficient (Wildman–Crippen LogP) is 4.84. The number of alkyl halides is 2. The molecule has 0 amide bonds. The first-order valence-corrected chi connectivity index (χ1v) is 9.40. The van der Waals surface area contributed by atoms with Gasteiger partial charge in [-0.15, -0.1) is 0 Å². The maximum atomic E-state index is 13.3. The molecule has 0 aliphatic heterocycles. The third-order valence-electron chi connectivity index (χ3n) is 4.45. The number of methoxy groups -OCH3 is 1. The summed E-state index contributed by atoms with van der Waals surface area (Å²) in [6, 6.07) is 8.51. The average Bonchev–Trinajstić information content (AvgIpc) is 2.71. The molecule has 154 valence electrons. The fourth-order valence-corrected chi connectivity index (χ4v) is 2.96. The minimum Gasteiger partial charge on any atom is -0.497 e. The number of benzene rings is 1. The van der Waals surface area contributed by atoms with Crippen molar-refractivity contribution < 1.29 is 22.7 Å². The van der Waals surface area contributed by atoms with Gasteiger partial charge in [-0.1, -0.05) is 31.9 Å². The summed E-state index contributed by atoms with van der Waals surface area (Å²) in [4.78, 5) is 19.5. The van der Waals surface area contributed by atoms with Crippen molar-refractivity contribution in [3.63, 3.8) is 0 Å². The lowest BCUT2D eigenvalue weighted by Gasteiger charge is -2.12. The van der Waals surface area contributed by atoms with Crippen molar-refractivity contribution in [3.05, 3.63) is 57.7 Å². The molecule has 0 fully saturated rings. The highest BCUT2D eigenvalue weighted by molar-refractivity contribution is 5.82. The Morgan fingerprint density at radius 3 is 2.55 bits per heavy atom. The smallest absolute Gasteiger partial charge is 0.337 e. The minimum atomic E-state index is -2.92. The standard InChI is InChI=1S/C21H22F2N2O4/c1-3-4-5-6-14-11-16(26)29-21-17(14)20(24-19(25-21)18(22)23)28-12-13-7-9-15(27-2)10-8-13/h7-11,18H,3-6,12H2,1-2H3. The van der Waals surface area contributed by atoms with Gasteiger partial charge in [0, 0.05) is 6.07 Å². The van der Waals surface area contributed by atoms with E-state index in [-0.39, 0.29) is 18.2 Å². The Morgan fingerprint density at radius 1 is 1.14 bits per heavy atom. The minimum absolute atomic E-state index is 0.0173. The molecule has 2 aromatic heterocycles. The molecule has 3 aromatic rings. The fourth-order valence-electron chi connectivity index (χ4n) is 2.96. The Bertz CT molecular complexity index is 1020.